The van der Waals surface area contributed by atoms with Crippen molar-refractivity contribution in [3.05, 3.63) is 64.3 Å². The first-order chi connectivity index (χ1) is 9.63. The zero-order valence-electron chi connectivity index (χ0n) is 10.9. The van der Waals surface area contributed by atoms with Gasteiger partial charge in [0.15, 0.2) is 0 Å². The van der Waals surface area contributed by atoms with Crippen molar-refractivity contribution in [2.45, 2.75) is 6.92 Å². The average molecular weight is 329 g/mol. The lowest BCUT2D eigenvalue weighted by atomic mass is 10.1. The first kappa shape index (κ1) is 12.9. The number of benzene rings is 2. The van der Waals surface area contributed by atoms with Crippen LogP contribution in [0.25, 0.3) is 10.9 Å². The van der Waals surface area contributed by atoms with E-state index >= 15 is 0 Å². The Bertz CT molecular complexity index is 792. The number of H-pyrrole nitrogens is 1. The predicted molar refractivity (Wildman–Crippen MR) is 85.1 cm³/mol. The Balaban J connectivity index is 1.90. The van der Waals surface area contributed by atoms with Crippen LogP contribution in [-0.2, 0) is 0 Å². The van der Waals surface area contributed by atoms with Gasteiger partial charge in [-0.05, 0) is 64.1 Å². The van der Waals surface area contributed by atoms with Gasteiger partial charge in [-0.25, -0.2) is 0 Å². The van der Waals surface area contributed by atoms with E-state index in [1.807, 2.05) is 55.6 Å². The topological polar surface area (TPSA) is 44.9 Å². The Kier molecular flexibility index (Phi) is 3.32. The number of carbonyl (C=O) groups is 1. The van der Waals surface area contributed by atoms with Gasteiger partial charge in [-0.1, -0.05) is 12.1 Å². The fraction of sp³-hybridized carbons (Fsp3) is 0.0625. The molecule has 0 spiro atoms. The first-order valence-electron chi connectivity index (χ1n) is 6.28. The SMILES string of the molecule is Cc1ccc(Br)c(NC(=O)c2ccc3cc[nH]c3c2)c1. The van der Waals surface area contributed by atoms with Gasteiger partial charge in [0.2, 0.25) is 0 Å². The molecule has 2 aromatic carbocycles. The predicted octanol–water partition coefficient (Wildman–Crippen LogP) is 4.49. The monoisotopic (exact) mass is 328 g/mol. The molecule has 100 valence electrons. The second kappa shape index (κ2) is 5.13. The first-order valence-corrected chi connectivity index (χ1v) is 7.07. The van der Waals surface area contributed by atoms with E-state index in [0.717, 1.165) is 26.6 Å². The van der Waals surface area contributed by atoms with E-state index in [1.54, 1.807) is 0 Å². The molecule has 1 aromatic heterocycles. The second-order valence-electron chi connectivity index (χ2n) is 4.72. The molecule has 20 heavy (non-hydrogen) atoms. The van der Waals surface area contributed by atoms with Crippen LogP contribution in [0.3, 0.4) is 0 Å². The highest BCUT2D eigenvalue weighted by atomic mass is 79.9. The summed E-state index contributed by atoms with van der Waals surface area (Å²) in [6, 6.07) is 13.5. The van der Waals surface area contributed by atoms with Gasteiger partial charge >= 0.3 is 0 Å². The maximum absolute atomic E-state index is 12.3. The molecule has 0 radical (unpaired) electrons. The highest BCUT2D eigenvalue weighted by molar-refractivity contribution is 9.10. The van der Waals surface area contributed by atoms with Crippen molar-refractivity contribution in [2.24, 2.45) is 0 Å². The number of rotatable bonds is 2. The molecule has 1 heterocycles. The summed E-state index contributed by atoms with van der Waals surface area (Å²) in [5.74, 6) is -0.118. The summed E-state index contributed by atoms with van der Waals surface area (Å²) in [5, 5.41) is 4.02. The van der Waals surface area contributed by atoms with E-state index in [9.17, 15) is 4.79 Å². The van der Waals surface area contributed by atoms with Crippen LogP contribution < -0.4 is 5.32 Å². The number of amides is 1. The molecule has 0 aliphatic carbocycles. The van der Waals surface area contributed by atoms with E-state index in [2.05, 4.69) is 26.2 Å². The molecule has 3 nitrogen and oxygen atoms in total. The molecule has 0 fully saturated rings. The standard InChI is InChI=1S/C16H13BrN2O/c1-10-2-5-13(17)15(8-10)19-16(20)12-4-3-11-6-7-18-14(11)9-12/h2-9,18H,1H3,(H,19,20). The summed E-state index contributed by atoms with van der Waals surface area (Å²) >= 11 is 3.44. The van der Waals surface area contributed by atoms with Crippen LogP contribution in [0.4, 0.5) is 5.69 Å². The smallest absolute Gasteiger partial charge is 0.255 e. The zero-order chi connectivity index (χ0) is 14.1. The molecule has 4 heteroatoms. The third kappa shape index (κ3) is 2.47. The fourth-order valence-electron chi connectivity index (χ4n) is 2.12. The minimum absolute atomic E-state index is 0.118. The third-order valence-electron chi connectivity index (χ3n) is 3.19. The fourth-order valence-corrected chi connectivity index (χ4v) is 2.46. The quantitative estimate of drug-likeness (QED) is 0.715. The minimum atomic E-state index is -0.118. The van der Waals surface area contributed by atoms with E-state index < -0.39 is 0 Å². The van der Waals surface area contributed by atoms with Gasteiger partial charge in [0, 0.05) is 21.7 Å². The van der Waals surface area contributed by atoms with Gasteiger partial charge in [-0.3, -0.25) is 4.79 Å². The van der Waals surface area contributed by atoms with Gasteiger partial charge in [-0.15, -0.1) is 0 Å². The van der Waals surface area contributed by atoms with Crippen LogP contribution >= 0.6 is 15.9 Å². The summed E-state index contributed by atoms with van der Waals surface area (Å²) in [4.78, 5) is 15.4. The molecule has 0 unspecified atom stereocenters. The summed E-state index contributed by atoms with van der Waals surface area (Å²) in [6.07, 6.45) is 1.86. The Hall–Kier alpha value is -2.07. The lowest BCUT2D eigenvalue weighted by Gasteiger charge is -2.08. The van der Waals surface area contributed by atoms with Crippen LogP contribution in [0.5, 0.6) is 0 Å². The van der Waals surface area contributed by atoms with E-state index in [-0.39, 0.29) is 5.91 Å². The van der Waals surface area contributed by atoms with Gasteiger partial charge in [0.05, 0.1) is 5.69 Å². The van der Waals surface area contributed by atoms with Gasteiger partial charge in [-0.2, -0.15) is 0 Å². The maximum Gasteiger partial charge on any atom is 0.255 e. The van der Waals surface area contributed by atoms with Crippen LogP contribution in [0, 0.1) is 6.92 Å². The molecule has 0 saturated carbocycles. The number of hydrogen-bond acceptors (Lipinski definition) is 1. The number of fused-ring (bicyclic) bond motifs is 1. The van der Waals surface area contributed by atoms with Crippen molar-refractivity contribution in [1.82, 2.24) is 4.98 Å². The normalized spacial score (nSPS) is 10.7. The minimum Gasteiger partial charge on any atom is -0.361 e. The molecular weight excluding hydrogens is 316 g/mol. The Labute approximate surface area is 125 Å². The summed E-state index contributed by atoms with van der Waals surface area (Å²) in [7, 11) is 0. The van der Waals surface area contributed by atoms with Crippen molar-refractivity contribution < 1.29 is 4.79 Å². The Morgan fingerprint density at radius 3 is 2.85 bits per heavy atom. The lowest BCUT2D eigenvalue weighted by molar-refractivity contribution is 0.102. The van der Waals surface area contributed by atoms with Gasteiger partial charge in [0.25, 0.3) is 5.91 Å². The number of nitrogens with one attached hydrogen (secondary N) is 2. The van der Waals surface area contributed by atoms with Crippen molar-refractivity contribution in [1.29, 1.82) is 0 Å². The molecule has 3 rings (SSSR count). The van der Waals surface area contributed by atoms with Crippen molar-refractivity contribution >= 4 is 38.4 Å². The molecule has 0 aliphatic heterocycles. The van der Waals surface area contributed by atoms with Crippen molar-refractivity contribution in [2.75, 3.05) is 5.32 Å². The average Bonchev–Trinajstić information content (AvgIpc) is 2.90. The number of aromatic nitrogens is 1. The Morgan fingerprint density at radius 1 is 1.15 bits per heavy atom. The van der Waals surface area contributed by atoms with E-state index in [1.165, 1.54) is 0 Å². The lowest BCUT2D eigenvalue weighted by Crippen LogP contribution is -2.12. The zero-order valence-corrected chi connectivity index (χ0v) is 12.5. The molecule has 0 atom stereocenters. The molecule has 0 bridgehead atoms. The number of halogens is 1. The maximum atomic E-state index is 12.3. The number of carbonyl (C=O) groups excluding carboxylic acids is 1. The van der Waals surface area contributed by atoms with E-state index in [4.69, 9.17) is 0 Å². The van der Waals surface area contributed by atoms with Crippen LogP contribution in [0.2, 0.25) is 0 Å². The van der Waals surface area contributed by atoms with Crippen LogP contribution in [-0.4, -0.2) is 10.9 Å². The summed E-state index contributed by atoms with van der Waals surface area (Å²) < 4.78 is 0.873. The molecule has 0 saturated heterocycles. The Morgan fingerprint density at radius 2 is 2.00 bits per heavy atom. The number of aryl methyl sites for hydroxylation is 1. The van der Waals surface area contributed by atoms with Crippen LogP contribution in [0.1, 0.15) is 15.9 Å². The van der Waals surface area contributed by atoms with E-state index in [0.29, 0.717) is 5.56 Å². The molecule has 0 aliphatic rings. The highest BCUT2D eigenvalue weighted by Crippen LogP contribution is 2.24. The van der Waals surface area contributed by atoms with Gasteiger partial charge in [0.1, 0.15) is 0 Å². The second-order valence-corrected chi connectivity index (χ2v) is 5.57. The summed E-state index contributed by atoms with van der Waals surface area (Å²) in [5.41, 5.74) is 3.47. The largest absolute Gasteiger partial charge is 0.361 e. The van der Waals surface area contributed by atoms with Crippen molar-refractivity contribution in [3.8, 4) is 0 Å². The van der Waals surface area contributed by atoms with Gasteiger partial charge < -0.3 is 10.3 Å². The molecule has 2 N–H and O–H groups in total. The third-order valence-corrected chi connectivity index (χ3v) is 3.88. The molecule has 1 amide bonds. The highest BCUT2D eigenvalue weighted by Gasteiger charge is 2.09. The molecular formula is C16H13BrN2O. The number of anilines is 1. The molecule has 3 aromatic rings. The number of aromatic amines is 1. The summed E-state index contributed by atoms with van der Waals surface area (Å²) in [6.45, 7) is 1.99. The van der Waals surface area contributed by atoms with Crippen molar-refractivity contribution in [3.63, 3.8) is 0 Å². The van der Waals surface area contributed by atoms with Crippen LogP contribution in [0.15, 0.2) is 53.1 Å². The number of hydrogen-bond donors (Lipinski definition) is 2.